The number of non-ortho nitro benzene ring substituents is 1. The number of carbonyl (C=O) groups excluding carboxylic acids is 1. The number of hydrogen-bond donors (Lipinski definition) is 1. The predicted molar refractivity (Wildman–Crippen MR) is 119 cm³/mol. The number of thioether (sulfide) groups is 1. The molecule has 1 amide bonds. The number of benzene rings is 1. The van der Waals surface area contributed by atoms with Crippen LogP contribution in [-0.4, -0.2) is 47.0 Å². The summed E-state index contributed by atoms with van der Waals surface area (Å²) in [6.07, 6.45) is 1.11. The highest BCUT2D eigenvalue weighted by molar-refractivity contribution is 8.01. The van der Waals surface area contributed by atoms with Crippen LogP contribution in [0.15, 0.2) is 22.5 Å². The Hall–Kier alpha value is -2.25. The minimum Gasteiger partial charge on any atom is -0.299 e. The van der Waals surface area contributed by atoms with E-state index in [0.29, 0.717) is 15.2 Å². The van der Waals surface area contributed by atoms with E-state index in [4.69, 9.17) is 0 Å². The van der Waals surface area contributed by atoms with Crippen molar-refractivity contribution in [1.82, 2.24) is 10.2 Å². The summed E-state index contributed by atoms with van der Waals surface area (Å²) in [6.45, 7) is 7.29. The van der Waals surface area contributed by atoms with Gasteiger partial charge in [0.25, 0.3) is 5.69 Å². The summed E-state index contributed by atoms with van der Waals surface area (Å²) in [5, 5.41) is 22.3. The van der Waals surface area contributed by atoms with Crippen LogP contribution >= 0.6 is 23.1 Å². The van der Waals surface area contributed by atoms with Crippen LogP contribution in [0, 0.1) is 17.0 Å². The highest BCUT2D eigenvalue weighted by atomic mass is 32.2. The monoisotopic (exact) mass is 473 g/mol. The first-order valence-corrected chi connectivity index (χ1v) is 12.5. The van der Waals surface area contributed by atoms with E-state index < -0.39 is 26.9 Å². The second-order valence-electron chi connectivity index (χ2n) is 6.74. The number of sulfonamides is 1. The van der Waals surface area contributed by atoms with E-state index >= 15 is 0 Å². The van der Waals surface area contributed by atoms with Gasteiger partial charge < -0.3 is 0 Å². The minimum absolute atomic E-state index is 0.0852. The summed E-state index contributed by atoms with van der Waals surface area (Å²) in [5.41, 5.74) is 0.310. The molecule has 0 radical (unpaired) electrons. The number of nitrogens with one attached hydrogen (secondary N) is 1. The van der Waals surface area contributed by atoms with E-state index in [1.807, 2.05) is 13.8 Å². The van der Waals surface area contributed by atoms with Gasteiger partial charge in [-0.2, -0.15) is 0 Å². The molecule has 0 aliphatic heterocycles. The molecule has 0 saturated carbocycles. The summed E-state index contributed by atoms with van der Waals surface area (Å²) in [7, 11) is -3.93. The normalized spacial score (nSPS) is 12.6. The first-order chi connectivity index (χ1) is 13.9. The molecule has 0 spiro atoms. The molecule has 0 fully saturated rings. The summed E-state index contributed by atoms with van der Waals surface area (Å²) in [4.78, 5) is 23.5. The van der Waals surface area contributed by atoms with Gasteiger partial charge in [0.2, 0.25) is 21.1 Å². The molecule has 30 heavy (non-hydrogen) atoms. The SMILES string of the molecule is CC[C@H](C(=O)Nc1nnc(SC(C)C)s1)N(c1cc([N+](=O)[O-])ccc1C)S(C)(=O)=O. The number of anilines is 2. The summed E-state index contributed by atoms with van der Waals surface area (Å²) in [5.74, 6) is -0.592. The molecule has 1 heterocycles. The van der Waals surface area contributed by atoms with Gasteiger partial charge in [-0.15, -0.1) is 10.2 Å². The molecule has 1 aromatic heterocycles. The lowest BCUT2D eigenvalue weighted by Crippen LogP contribution is -2.47. The molecule has 0 bridgehead atoms. The van der Waals surface area contributed by atoms with E-state index in [0.717, 1.165) is 16.6 Å². The second-order valence-corrected chi connectivity index (χ2v) is 11.4. The number of aryl methyl sites for hydroxylation is 1. The van der Waals surface area contributed by atoms with E-state index in [-0.39, 0.29) is 22.9 Å². The topological polar surface area (TPSA) is 135 Å². The lowest BCUT2D eigenvalue weighted by Gasteiger charge is -2.30. The summed E-state index contributed by atoms with van der Waals surface area (Å²) < 4.78 is 26.8. The van der Waals surface area contributed by atoms with Crippen molar-refractivity contribution < 1.29 is 18.1 Å². The van der Waals surface area contributed by atoms with Gasteiger partial charge in [0.1, 0.15) is 6.04 Å². The fourth-order valence-electron chi connectivity index (χ4n) is 2.68. The first kappa shape index (κ1) is 24.0. The van der Waals surface area contributed by atoms with Gasteiger partial charge in [-0.1, -0.05) is 49.9 Å². The standard InChI is InChI=1S/C17H23N5O5S3/c1-6-13(15(23)18-16-19-20-17(29-16)28-10(2)3)21(30(5,26)27)14-9-12(22(24)25)8-7-11(14)4/h7-10,13H,6H2,1-5H3,(H,18,19,23)/t13-/m1/s1. The third kappa shape index (κ3) is 5.89. The van der Waals surface area contributed by atoms with Gasteiger partial charge in [-0.25, -0.2) is 8.42 Å². The molecular formula is C17H23N5O5S3. The van der Waals surface area contributed by atoms with Gasteiger partial charge >= 0.3 is 0 Å². The van der Waals surface area contributed by atoms with Crippen LogP contribution in [0.2, 0.25) is 0 Å². The molecule has 0 aliphatic rings. The predicted octanol–water partition coefficient (Wildman–Crippen LogP) is 3.44. The van der Waals surface area contributed by atoms with Crippen molar-refractivity contribution in [3.05, 3.63) is 33.9 Å². The zero-order chi connectivity index (χ0) is 22.6. The maximum absolute atomic E-state index is 12.9. The smallest absolute Gasteiger partial charge is 0.271 e. The summed E-state index contributed by atoms with van der Waals surface area (Å²) >= 11 is 2.69. The number of aromatic nitrogens is 2. The lowest BCUT2D eigenvalue weighted by molar-refractivity contribution is -0.384. The quantitative estimate of drug-likeness (QED) is 0.253. The molecule has 2 aromatic rings. The third-order valence-corrected chi connectivity index (χ3v) is 7.04. The Labute approximate surface area is 183 Å². The van der Waals surface area contributed by atoms with Crippen LogP contribution < -0.4 is 9.62 Å². The Morgan fingerprint density at radius 3 is 2.57 bits per heavy atom. The lowest BCUT2D eigenvalue weighted by atomic mass is 10.1. The molecule has 1 N–H and O–H groups in total. The van der Waals surface area contributed by atoms with Gasteiger partial charge in [-0.3, -0.25) is 24.5 Å². The molecule has 164 valence electrons. The van der Waals surface area contributed by atoms with Gasteiger partial charge in [0.15, 0.2) is 4.34 Å². The van der Waals surface area contributed by atoms with Crippen molar-refractivity contribution >= 4 is 55.5 Å². The van der Waals surface area contributed by atoms with Crippen LogP contribution in [0.4, 0.5) is 16.5 Å². The number of carbonyl (C=O) groups is 1. The highest BCUT2D eigenvalue weighted by Crippen LogP contribution is 2.32. The largest absolute Gasteiger partial charge is 0.299 e. The molecule has 0 saturated heterocycles. The maximum Gasteiger partial charge on any atom is 0.271 e. The van der Waals surface area contributed by atoms with Crippen LogP contribution in [0.5, 0.6) is 0 Å². The zero-order valence-electron chi connectivity index (χ0n) is 17.1. The Kier molecular flexibility index (Phi) is 7.77. The van der Waals surface area contributed by atoms with Gasteiger partial charge in [0, 0.05) is 17.4 Å². The van der Waals surface area contributed by atoms with E-state index in [9.17, 15) is 23.3 Å². The minimum atomic E-state index is -3.93. The molecule has 2 rings (SSSR count). The highest BCUT2D eigenvalue weighted by Gasteiger charge is 2.33. The molecule has 10 nitrogen and oxygen atoms in total. The number of rotatable bonds is 9. The van der Waals surface area contributed by atoms with Crippen molar-refractivity contribution in [2.24, 2.45) is 0 Å². The van der Waals surface area contributed by atoms with E-state index in [2.05, 4.69) is 15.5 Å². The number of amides is 1. The molecule has 1 atom stereocenters. The molecule has 0 unspecified atom stereocenters. The average Bonchev–Trinajstić information content (AvgIpc) is 3.05. The molecule has 1 aromatic carbocycles. The van der Waals surface area contributed by atoms with Crippen LogP contribution in [-0.2, 0) is 14.8 Å². The van der Waals surface area contributed by atoms with Gasteiger partial charge in [0.05, 0.1) is 16.9 Å². The molecule has 0 aliphatic carbocycles. The zero-order valence-corrected chi connectivity index (χ0v) is 19.6. The van der Waals surface area contributed by atoms with Crippen molar-refractivity contribution in [2.45, 2.75) is 49.7 Å². The second kappa shape index (κ2) is 9.71. The Morgan fingerprint density at radius 1 is 1.37 bits per heavy atom. The number of nitro benzene ring substituents is 1. The van der Waals surface area contributed by atoms with Crippen molar-refractivity contribution in [3.8, 4) is 0 Å². The van der Waals surface area contributed by atoms with E-state index in [1.165, 1.54) is 35.2 Å². The van der Waals surface area contributed by atoms with Gasteiger partial charge in [-0.05, 0) is 18.9 Å². The average molecular weight is 474 g/mol. The van der Waals surface area contributed by atoms with Crippen LogP contribution in [0.1, 0.15) is 32.8 Å². The Bertz CT molecular complexity index is 1040. The van der Waals surface area contributed by atoms with Crippen LogP contribution in [0.3, 0.4) is 0 Å². The Balaban J connectivity index is 2.40. The summed E-state index contributed by atoms with van der Waals surface area (Å²) in [6, 6.07) is 2.78. The number of nitrogens with zero attached hydrogens (tertiary/aromatic N) is 4. The third-order valence-electron chi connectivity index (χ3n) is 3.94. The number of hydrogen-bond acceptors (Lipinski definition) is 9. The van der Waals surface area contributed by atoms with Crippen molar-refractivity contribution in [3.63, 3.8) is 0 Å². The van der Waals surface area contributed by atoms with Crippen LogP contribution in [0.25, 0.3) is 0 Å². The van der Waals surface area contributed by atoms with Crippen molar-refractivity contribution in [2.75, 3.05) is 15.9 Å². The first-order valence-electron chi connectivity index (χ1n) is 8.99. The van der Waals surface area contributed by atoms with E-state index in [1.54, 1.807) is 13.8 Å². The Morgan fingerprint density at radius 2 is 2.03 bits per heavy atom. The maximum atomic E-state index is 12.9. The fraction of sp³-hybridized carbons (Fsp3) is 0.471. The molecule has 13 heteroatoms. The van der Waals surface area contributed by atoms with Crippen molar-refractivity contribution in [1.29, 1.82) is 0 Å². The molecular weight excluding hydrogens is 450 g/mol. The fourth-order valence-corrected chi connectivity index (χ4v) is 5.92. The number of nitro groups is 1.